The van der Waals surface area contributed by atoms with E-state index in [9.17, 15) is 5.26 Å². The van der Waals surface area contributed by atoms with Crippen LogP contribution in [-0.4, -0.2) is 14.5 Å². The van der Waals surface area contributed by atoms with Crippen LogP contribution in [-0.2, 0) is 0 Å². The molecule has 2 aromatic heterocycles. The van der Waals surface area contributed by atoms with E-state index in [1.165, 1.54) is 0 Å². The van der Waals surface area contributed by atoms with Crippen LogP contribution in [0.4, 0.5) is 34.1 Å². The molecule has 13 rings (SSSR count). The smallest absolute Gasteiger partial charge is 0.160 e. The minimum atomic E-state index is 0.598. The van der Waals surface area contributed by atoms with Gasteiger partial charge in [0.2, 0.25) is 0 Å². The van der Waals surface area contributed by atoms with Crippen LogP contribution in [0.25, 0.3) is 83.6 Å². The maximum atomic E-state index is 9.39. The number of hydrogen-bond acceptors (Lipinski definition) is 5. The second kappa shape index (κ2) is 20.4. The third-order valence-corrected chi connectivity index (χ3v) is 14.2. The lowest BCUT2D eigenvalue weighted by molar-refractivity contribution is 1.18. The molecule has 0 radical (unpaired) electrons. The Morgan fingerprint density at radius 2 is 0.636 bits per heavy atom. The number of benzene rings is 11. The fraction of sp³-hybridized carbons (Fsp3) is 0. The van der Waals surface area contributed by atoms with Crippen molar-refractivity contribution in [2.24, 2.45) is 0 Å². The van der Waals surface area contributed by atoms with Gasteiger partial charge in [-0.3, -0.25) is 0 Å². The van der Waals surface area contributed by atoms with Gasteiger partial charge in [0.15, 0.2) is 5.82 Å². The average molecular weight is 985 g/mol. The second-order valence-electron chi connectivity index (χ2n) is 19.0. The molecule has 0 N–H and O–H groups in total. The van der Waals surface area contributed by atoms with Gasteiger partial charge in [-0.1, -0.05) is 164 Å². The van der Waals surface area contributed by atoms with Crippen LogP contribution in [0.1, 0.15) is 5.56 Å². The molecule has 0 spiro atoms. The van der Waals surface area contributed by atoms with Crippen LogP contribution >= 0.6 is 0 Å². The van der Waals surface area contributed by atoms with Crippen LogP contribution in [0, 0.1) is 11.3 Å². The third kappa shape index (κ3) is 9.16. The fourth-order valence-electron chi connectivity index (χ4n) is 10.4. The molecule has 0 atom stereocenters. The monoisotopic (exact) mass is 984 g/mol. The number of rotatable bonds is 12. The number of nitriles is 1. The molecule has 2 heterocycles. The zero-order valence-electron chi connectivity index (χ0n) is 41.9. The first-order valence-corrected chi connectivity index (χ1v) is 25.8. The van der Waals surface area contributed by atoms with Gasteiger partial charge in [-0.2, -0.15) is 5.26 Å². The van der Waals surface area contributed by atoms with Gasteiger partial charge in [0.1, 0.15) is 0 Å². The highest BCUT2D eigenvalue weighted by molar-refractivity contribution is 6.12. The molecule has 0 saturated carbocycles. The average Bonchev–Trinajstić information content (AvgIpc) is 3.85. The van der Waals surface area contributed by atoms with E-state index >= 15 is 0 Å². The number of nitrogens with zero attached hydrogens (tertiary/aromatic N) is 6. The zero-order valence-corrected chi connectivity index (χ0v) is 41.9. The van der Waals surface area contributed by atoms with E-state index in [1.54, 1.807) is 12.1 Å². The van der Waals surface area contributed by atoms with E-state index in [1.807, 2.05) is 36.4 Å². The van der Waals surface area contributed by atoms with Crippen LogP contribution in [0.2, 0.25) is 0 Å². The standard InChI is InChI=1S/C71H48N6/c72-49-50-26-28-57(29-27-50)71-73-67(55-16-6-1-7-17-55)48-68(74-71)56-36-34-53(35-37-56)51-30-32-52(33-31-51)54-38-40-62(41-39-54)77-69-44-42-63(75(58-18-8-2-9-19-58)59-20-10-3-11-21-59)46-65(69)66-47-64(43-45-70(66)77)76(60-22-12-4-13-23-60)61-24-14-5-15-25-61/h1-48H. The Balaban J connectivity index is 0.839. The Kier molecular flexibility index (Phi) is 12.2. The van der Waals surface area contributed by atoms with E-state index in [2.05, 4.69) is 263 Å². The van der Waals surface area contributed by atoms with E-state index in [0.29, 0.717) is 11.4 Å². The van der Waals surface area contributed by atoms with E-state index in [4.69, 9.17) is 9.97 Å². The molecular weight excluding hydrogens is 937 g/mol. The summed E-state index contributed by atoms with van der Waals surface area (Å²) in [6.45, 7) is 0. The third-order valence-electron chi connectivity index (χ3n) is 14.2. The molecule has 13 aromatic rings. The number of fused-ring (bicyclic) bond motifs is 3. The van der Waals surface area contributed by atoms with Crippen LogP contribution in [0.5, 0.6) is 0 Å². The number of aromatic nitrogens is 3. The van der Waals surface area contributed by atoms with Crippen molar-refractivity contribution >= 4 is 55.9 Å². The molecule has 0 saturated heterocycles. The molecule has 6 nitrogen and oxygen atoms in total. The highest BCUT2D eigenvalue weighted by Crippen LogP contribution is 2.43. The lowest BCUT2D eigenvalue weighted by atomic mass is 9.98. The van der Waals surface area contributed by atoms with Crippen molar-refractivity contribution in [3.8, 4) is 67.9 Å². The molecule has 0 aliphatic rings. The first-order chi connectivity index (χ1) is 38.1. The fourth-order valence-corrected chi connectivity index (χ4v) is 10.4. The second-order valence-corrected chi connectivity index (χ2v) is 19.0. The van der Waals surface area contributed by atoms with Gasteiger partial charge >= 0.3 is 0 Å². The van der Waals surface area contributed by atoms with Gasteiger partial charge in [-0.05, 0) is 150 Å². The Morgan fingerprint density at radius 1 is 0.299 bits per heavy atom. The summed E-state index contributed by atoms with van der Waals surface area (Å²) in [7, 11) is 0. The molecule has 77 heavy (non-hydrogen) atoms. The molecule has 0 aliphatic heterocycles. The molecule has 0 unspecified atom stereocenters. The summed E-state index contributed by atoms with van der Waals surface area (Å²) >= 11 is 0. The Labute approximate surface area is 448 Å². The maximum Gasteiger partial charge on any atom is 0.160 e. The van der Waals surface area contributed by atoms with Gasteiger partial charge < -0.3 is 14.4 Å². The molecular formula is C71H48N6. The highest BCUT2D eigenvalue weighted by atomic mass is 15.1. The van der Waals surface area contributed by atoms with Gasteiger partial charge in [0.25, 0.3) is 0 Å². The molecule has 11 aromatic carbocycles. The number of hydrogen-bond donors (Lipinski definition) is 0. The van der Waals surface area contributed by atoms with E-state index in [0.717, 1.165) is 112 Å². The maximum absolute atomic E-state index is 9.39. The molecule has 0 aliphatic carbocycles. The normalized spacial score (nSPS) is 11.1. The molecule has 362 valence electrons. The first-order valence-electron chi connectivity index (χ1n) is 25.8. The predicted octanol–water partition coefficient (Wildman–Crippen LogP) is 18.7. The highest BCUT2D eigenvalue weighted by Gasteiger charge is 2.20. The largest absolute Gasteiger partial charge is 0.310 e. The number of anilines is 6. The van der Waals surface area contributed by atoms with Crippen molar-refractivity contribution in [2.45, 2.75) is 0 Å². The van der Waals surface area contributed by atoms with Gasteiger partial charge in [0, 0.05) is 67.3 Å². The summed E-state index contributed by atoms with van der Waals surface area (Å²) in [6, 6.07) is 104. The van der Waals surface area contributed by atoms with Crippen molar-refractivity contribution in [1.29, 1.82) is 5.26 Å². The Hall–Kier alpha value is -10.6. The topological polar surface area (TPSA) is 61.0 Å². The minimum absolute atomic E-state index is 0.598. The van der Waals surface area contributed by atoms with Crippen molar-refractivity contribution in [2.75, 3.05) is 9.80 Å². The van der Waals surface area contributed by atoms with Crippen LogP contribution < -0.4 is 9.80 Å². The van der Waals surface area contributed by atoms with E-state index in [-0.39, 0.29) is 0 Å². The zero-order chi connectivity index (χ0) is 51.5. The minimum Gasteiger partial charge on any atom is -0.310 e. The molecule has 6 heteroatoms. The van der Waals surface area contributed by atoms with Crippen molar-refractivity contribution < 1.29 is 0 Å². The molecule has 0 fully saturated rings. The first kappa shape index (κ1) is 46.2. The summed E-state index contributed by atoms with van der Waals surface area (Å²) in [4.78, 5) is 14.6. The molecule has 0 amide bonds. The van der Waals surface area contributed by atoms with E-state index < -0.39 is 0 Å². The summed E-state index contributed by atoms with van der Waals surface area (Å²) in [5.74, 6) is 0.612. The van der Waals surface area contributed by atoms with Crippen molar-refractivity contribution in [1.82, 2.24) is 14.5 Å². The van der Waals surface area contributed by atoms with Crippen LogP contribution in [0.15, 0.2) is 291 Å². The Bertz CT molecular complexity index is 4000. The quantitative estimate of drug-likeness (QED) is 0.122. The number of para-hydroxylation sites is 4. The predicted molar refractivity (Wildman–Crippen MR) is 318 cm³/mol. The summed E-state index contributed by atoms with van der Waals surface area (Å²) in [6.07, 6.45) is 0. The molecule has 0 bridgehead atoms. The summed E-state index contributed by atoms with van der Waals surface area (Å²) in [5.41, 5.74) is 19.5. The SMILES string of the molecule is N#Cc1ccc(-c2nc(-c3ccccc3)cc(-c3ccc(-c4ccc(-c5ccc(-n6c7ccc(N(c8ccccc8)c8ccccc8)cc7c7cc(N(c8ccccc8)c8ccccc8)ccc76)cc5)cc4)cc3)n2)cc1. The van der Waals surface area contributed by atoms with Crippen LogP contribution in [0.3, 0.4) is 0 Å². The lowest BCUT2D eigenvalue weighted by Crippen LogP contribution is -2.09. The van der Waals surface area contributed by atoms with Gasteiger partial charge in [-0.15, -0.1) is 0 Å². The van der Waals surface area contributed by atoms with Crippen molar-refractivity contribution in [3.63, 3.8) is 0 Å². The van der Waals surface area contributed by atoms with Gasteiger partial charge in [-0.25, -0.2) is 9.97 Å². The Morgan fingerprint density at radius 3 is 1.03 bits per heavy atom. The summed E-state index contributed by atoms with van der Waals surface area (Å²) < 4.78 is 2.40. The van der Waals surface area contributed by atoms with Crippen molar-refractivity contribution in [3.05, 3.63) is 297 Å². The van der Waals surface area contributed by atoms with Gasteiger partial charge in [0.05, 0.1) is 34.1 Å². The summed E-state index contributed by atoms with van der Waals surface area (Å²) in [5, 5.41) is 11.7. The lowest BCUT2D eigenvalue weighted by Gasteiger charge is -2.26.